The molecule has 2 nitrogen and oxygen atoms in total. The van der Waals surface area contributed by atoms with Gasteiger partial charge in [-0.3, -0.25) is 0 Å². The predicted molar refractivity (Wildman–Crippen MR) is 228 cm³/mol. The molecule has 10 aromatic rings. The van der Waals surface area contributed by atoms with Crippen LogP contribution in [0.25, 0.3) is 77.2 Å². The van der Waals surface area contributed by atoms with Gasteiger partial charge in [0.25, 0.3) is 0 Å². The molecular weight excluding hydrogens is 655 g/mol. The van der Waals surface area contributed by atoms with E-state index in [9.17, 15) is 0 Å². The monoisotopic (exact) mass is 689 g/mol. The summed E-state index contributed by atoms with van der Waals surface area (Å²) in [7, 11) is 0. The third-order valence-electron chi connectivity index (χ3n) is 10.5. The number of benzene rings is 9. The Morgan fingerprint density at radius 3 is 1.52 bits per heavy atom. The fourth-order valence-electron chi connectivity index (χ4n) is 7.90. The molecule has 0 amide bonds. The first-order chi connectivity index (χ1) is 26.8. The molecule has 0 saturated carbocycles. The second kappa shape index (κ2) is 13.4. The summed E-state index contributed by atoms with van der Waals surface area (Å²) in [6.07, 6.45) is 0. The van der Waals surface area contributed by atoms with Gasteiger partial charge in [0.15, 0.2) is 0 Å². The van der Waals surface area contributed by atoms with Gasteiger partial charge in [-0.2, -0.15) is 0 Å². The molecule has 54 heavy (non-hydrogen) atoms. The van der Waals surface area contributed by atoms with Crippen LogP contribution in [0.2, 0.25) is 0 Å². The minimum absolute atomic E-state index is 0.881. The van der Waals surface area contributed by atoms with Crippen LogP contribution in [-0.4, -0.2) is 0 Å². The van der Waals surface area contributed by atoms with Crippen LogP contribution < -0.4 is 4.90 Å². The zero-order chi connectivity index (χ0) is 35.8. The molecule has 254 valence electrons. The van der Waals surface area contributed by atoms with Crippen molar-refractivity contribution in [2.24, 2.45) is 0 Å². The summed E-state index contributed by atoms with van der Waals surface area (Å²) in [6.45, 7) is 0. The Labute approximate surface area is 314 Å². The van der Waals surface area contributed by atoms with Crippen molar-refractivity contribution in [3.63, 3.8) is 0 Å². The van der Waals surface area contributed by atoms with E-state index in [2.05, 4.69) is 205 Å². The molecule has 0 aliphatic rings. The first kappa shape index (κ1) is 31.6. The van der Waals surface area contributed by atoms with Crippen LogP contribution >= 0.6 is 0 Å². The summed E-state index contributed by atoms with van der Waals surface area (Å²) >= 11 is 0. The highest BCUT2D eigenvalue weighted by molar-refractivity contribution is 6.08. The van der Waals surface area contributed by atoms with Crippen LogP contribution in [0.15, 0.2) is 217 Å². The van der Waals surface area contributed by atoms with Crippen LogP contribution in [0, 0.1) is 0 Å². The highest BCUT2D eigenvalue weighted by Crippen LogP contribution is 2.48. The molecule has 1 aromatic heterocycles. The molecule has 1 heterocycles. The fraction of sp³-hybridized carbons (Fsp3) is 0. The maximum atomic E-state index is 6.46. The lowest BCUT2D eigenvalue weighted by molar-refractivity contribution is 0.669. The fourth-order valence-corrected chi connectivity index (χ4v) is 7.90. The lowest BCUT2D eigenvalue weighted by atomic mass is 9.86. The van der Waals surface area contributed by atoms with Gasteiger partial charge >= 0.3 is 0 Å². The van der Waals surface area contributed by atoms with E-state index >= 15 is 0 Å². The lowest BCUT2D eigenvalue weighted by Gasteiger charge is -2.29. The van der Waals surface area contributed by atoms with Gasteiger partial charge in [0.1, 0.15) is 11.2 Å². The molecule has 0 radical (unpaired) electrons. The van der Waals surface area contributed by atoms with E-state index in [0.29, 0.717) is 0 Å². The number of anilines is 3. The van der Waals surface area contributed by atoms with E-state index < -0.39 is 0 Å². The third-order valence-corrected chi connectivity index (χ3v) is 10.5. The molecule has 0 aliphatic heterocycles. The zero-order valence-electron chi connectivity index (χ0n) is 29.6. The Hall–Kier alpha value is -7.16. The number of furan rings is 1. The number of hydrogen-bond acceptors (Lipinski definition) is 2. The van der Waals surface area contributed by atoms with E-state index in [1.54, 1.807) is 0 Å². The highest BCUT2D eigenvalue weighted by atomic mass is 16.3. The Kier molecular flexibility index (Phi) is 7.85. The SMILES string of the molecule is c1ccc(-c2ccc(N(c3cc(-c4ccccc4)c(-c4ccc5c(c4)oc4ccccc45)c(-c4ccccc4)c3)c3cccc4ccccc34)cc2)cc1. The standard InChI is InChI=1S/C52H35NO/c1-4-15-36(16-5-1)37-27-30-42(31-28-37)53(49-25-14-22-38-21-10-11-23-44(38)49)43-34-47(39-17-6-2-7-18-39)52(48(35-43)40-19-8-3-9-20-40)41-29-32-46-45-24-12-13-26-50(45)54-51(46)33-41/h1-35H. The zero-order valence-corrected chi connectivity index (χ0v) is 29.6. The number of nitrogens with zero attached hydrogens (tertiary/aromatic N) is 1. The topological polar surface area (TPSA) is 16.4 Å². The van der Waals surface area contributed by atoms with Crippen molar-refractivity contribution in [2.45, 2.75) is 0 Å². The van der Waals surface area contributed by atoms with E-state index in [-0.39, 0.29) is 0 Å². The lowest BCUT2D eigenvalue weighted by Crippen LogP contribution is -2.11. The predicted octanol–water partition coefficient (Wildman–Crippen LogP) is 14.9. The van der Waals surface area contributed by atoms with Gasteiger partial charge in [-0.1, -0.05) is 164 Å². The minimum Gasteiger partial charge on any atom is -0.456 e. The maximum Gasteiger partial charge on any atom is 0.136 e. The number of para-hydroxylation sites is 1. The molecule has 0 aliphatic carbocycles. The number of rotatable bonds is 7. The molecular formula is C52H35NO. The van der Waals surface area contributed by atoms with Gasteiger partial charge in [-0.05, 0) is 98.4 Å². The van der Waals surface area contributed by atoms with Crippen LogP contribution in [0.1, 0.15) is 0 Å². The summed E-state index contributed by atoms with van der Waals surface area (Å²) in [4.78, 5) is 2.42. The molecule has 0 saturated heterocycles. The Bertz CT molecular complexity index is 2840. The molecule has 0 bridgehead atoms. The van der Waals surface area contributed by atoms with Crippen LogP contribution in [-0.2, 0) is 0 Å². The van der Waals surface area contributed by atoms with Gasteiger partial charge in [0, 0.05) is 27.5 Å². The summed E-state index contributed by atoms with van der Waals surface area (Å²) in [5.41, 5.74) is 14.3. The quantitative estimate of drug-likeness (QED) is 0.166. The largest absolute Gasteiger partial charge is 0.456 e. The van der Waals surface area contributed by atoms with E-state index in [0.717, 1.165) is 72.4 Å². The van der Waals surface area contributed by atoms with E-state index in [1.165, 1.54) is 21.9 Å². The van der Waals surface area contributed by atoms with E-state index in [1.807, 2.05) is 12.1 Å². The summed E-state index contributed by atoms with van der Waals surface area (Å²) in [6, 6.07) is 76.0. The smallest absolute Gasteiger partial charge is 0.136 e. The average molecular weight is 690 g/mol. The van der Waals surface area contributed by atoms with Gasteiger partial charge in [-0.25, -0.2) is 0 Å². The molecule has 9 aromatic carbocycles. The van der Waals surface area contributed by atoms with Crippen molar-refractivity contribution < 1.29 is 4.42 Å². The van der Waals surface area contributed by atoms with Gasteiger partial charge in [0.2, 0.25) is 0 Å². The Morgan fingerprint density at radius 2 is 0.833 bits per heavy atom. The molecule has 0 atom stereocenters. The average Bonchev–Trinajstić information content (AvgIpc) is 3.63. The van der Waals surface area contributed by atoms with E-state index in [4.69, 9.17) is 4.42 Å². The first-order valence-electron chi connectivity index (χ1n) is 18.4. The van der Waals surface area contributed by atoms with Crippen molar-refractivity contribution >= 4 is 49.8 Å². The molecule has 0 spiro atoms. The van der Waals surface area contributed by atoms with Gasteiger partial charge in [0.05, 0.1) is 5.69 Å². The third kappa shape index (κ3) is 5.62. The molecule has 2 heteroatoms. The number of hydrogen-bond donors (Lipinski definition) is 0. The summed E-state index contributed by atoms with van der Waals surface area (Å²) in [5, 5.41) is 4.64. The van der Waals surface area contributed by atoms with Crippen LogP contribution in [0.3, 0.4) is 0 Å². The summed E-state index contributed by atoms with van der Waals surface area (Å²) < 4.78 is 6.46. The van der Waals surface area contributed by atoms with Crippen molar-refractivity contribution in [3.05, 3.63) is 212 Å². The second-order valence-electron chi connectivity index (χ2n) is 13.7. The normalized spacial score (nSPS) is 11.3. The van der Waals surface area contributed by atoms with Crippen LogP contribution in [0.5, 0.6) is 0 Å². The van der Waals surface area contributed by atoms with Crippen LogP contribution in [0.4, 0.5) is 17.1 Å². The first-order valence-corrected chi connectivity index (χ1v) is 18.4. The summed E-state index contributed by atoms with van der Waals surface area (Å²) in [5.74, 6) is 0. The molecule has 0 unspecified atom stereocenters. The van der Waals surface area contributed by atoms with Gasteiger partial charge < -0.3 is 9.32 Å². The molecule has 0 N–H and O–H groups in total. The Balaban J connectivity index is 1.26. The minimum atomic E-state index is 0.881. The van der Waals surface area contributed by atoms with Crippen molar-refractivity contribution in [1.29, 1.82) is 0 Å². The highest BCUT2D eigenvalue weighted by Gasteiger charge is 2.23. The van der Waals surface area contributed by atoms with Crippen molar-refractivity contribution in [3.8, 4) is 44.5 Å². The van der Waals surface area contributed by atoms with Crippen molar-refractivity contribution in [2.75, 3.05) is 4.90 Å². The van der Waals surface area contributed by atoms with Gasteiger partial charge in [-0.15, -0.1) is 0 Å². The maximum absolute atomic E-state index is 6.46. The van der Waals surface area contributed by atoms with Crippen molar-refractivity contribution in [1.82, 2.24) is 0 Å². The second-order valence-corrected chi connectivity index (χ2v) is 13.7. The molecule has 10 rings (SSSR count). The number of fused-ring (bicyclic) bond motifs is 4. The molecule has 0 fully saturated rings. The Morgan fingerprint density at radius 1 is 0.315 bits per heavy atom.